The Bertz CT molecular complexity index is 605. The standard InChI is InChI=1S/C17H27N5S/c1-2-3-4-5-6-10-13-21-17(18)22(20-19-21)14-15-23-16-11-8-7-9-12-16/h7-9,11-12,18H,2-6,10,13-15H2,1H3. The highest BCUT2D eigenvalue weighted by atomic mass is 32.2. The lowest BCUT2D eigenvalue weighted by Gasteiger charge is -2.02. The topological polar surface area (TPSA) is 59.5 Å². The average Bonchev–Trinajstić information content (AvgIpc) is 2.92. The third kappa shape index (κ3) is 6.22. The van der Waals surface area contributed by atoms with Crippen LogP contribution in [0.2, 0.25) is 0 Å². The molecule has 0 saturated carbocycles. The number of nitrogens with one attached hydrogen (secondary N) is 1. The molecule has 0 aliphatic carbocycles. The Morgan fingerprint density at radius 3 is 2.30 bits per heavy atom. The van der Waals surface area contributed by atoms with Crippen LogP contribution in [0, 0.1) is 5.41 Å². The molecule has 1 N–H and O–H groups in total. The van der Waals surface area contributed by atoms with Gasteiger partial charge in [-0.2, -0.15) is 0 Å². The maximum atomic E-state index is 8.15. The highest BCUT2D eigenvalue weighted by molar-refractivity contribution is 7.99. The molecule has 1 heterocycles. The summed E-state index contributed by atoms with van der Waals surface area (Å²) in [5.41, 5.74) is 0.409. The third-order valence-electron chi connectivity index (χ3n) is 3.78. The molecule has 0 radical (unpaired) electrons. The van der Waals surface area contributed by atoms with E-state index in [0.29, 0.717) is 5.62 Å². The fourth-order valence-corrected chi connectivity index (χ4v) is 3.27. The van der Waals surface area contributed by atoms with E-state index < -0.39 is 0 Å². The zero-order valence-corrected chi connectivity index (χ0v) is 14.8. The molecule has 0 atom stereocenters. The van der Waals surface area contributed by atoms with Gasteiger partial charge in [-0.15, -0.1) is 11.8 Å². The molecule has 0 aliphatic rings. The Balaban J connectivity index is 1.70. The van der Waals surface area contributed by atoms with Crippen molar-refractivity contribution < 1.29 is 0 Å². The molecule has 6 heteroatoms. The summed E-state index contributed by atoms with van der Waals surface area (Å²) < 4.78 is 3.40. The van der Waals surface area contributed by atoms with Crippen LogP contribution < -0.4 is 5.62 Å². The Kier molecular flexibility index (Phi) is 7.93. The molecule has 1 aromatic carbocycles. The quantitative estimate of drug-likeness (QED) is 0.504. The zero-order chi connectivity index (χ0) is 16.3. The molecule has 2 rings (SSSR count). The van der Waals surface area contributed by atoms with Crippen molar-refractivity contribution in [1.29, 1.82) is 5.41 Å². The second kappa shape index (κ2) is 10.3. The van der Waals surface area contributed by atoms with E-state index >= 15 is 0 Å². The van der Waals surface area contributed by atoms with Crippen molar-refractivity contribution in [3.8, 4) is 0 Å². The normalized spacial score (nSPS) is 11.0. The van der Waals surface area contributed by atoms with Gasteiger partial charge in [0.25, 0.3) is 0 Å². The summed E-state index contributed by atoms with van der Waals surface area (Å²) >= 11 is 1.78. The number of hydrogen-bond donors (Lipinski definition) is 1. The van der Waals surface area contributed by atoms with Crippen LogP contribution in [0.5, 0.6) is 0 Å². The summed E-state index contributed by atoms with van der Waals surface area (Å²) in [6.07, 6.45) is 7.50. The Morgan fingerprint density at radius 1 is 0.913 bits per heavy atom. The largest absolute Gasteiger partial charge is 0.266 e. The van der Waals surface area contributed by atoms with Crippen LogP contribution in [0.1, 0.15) is 45.4 Å². The van der Waals surface area contributed by atoms with Gasteiger partial charge in [-0.1, -0.05) is 57.2 Å². The summed E-state index contributed by atoms with van der Waals surface area (Å²) in [6.45, 7) is 3.75. The number of benzene rings is 1. The molecule has 0 spiro atoms. The molecule has 5 nitrogen and oxygen atoms in total. The van der Waals surface area contributed by atoms with Gasteiger partial charge >= 0.3 is 0 Å². The Labute approximate surface area is 142 Å². The highest BCUT2D eigenvalue weighted by Gasteiger charge is 2.03. The van der Waals surface area contributed by atoms with Gasteiger partial charge in [-0.05, 0) is 29.0 Å². The molecular weight excluding hydrogens is 306 g/mol. The van der Waals surface area contributed by atoms with Crippen LogP contribution >= 0.6 is 11.8 Å². The summed E-state index contributed by atoms with van der Waals surface area (Å²) in [5, 5.41) is 16.4. The zero-order valence-electron chi connectivity index (χ0n) is 13.9. The minimum absolute atomic E-state index is 0.409. The van der Waals surface area contributed by atoms with Gasteiger partial charge in [0.05, 0.1) is 6.54 Å². The van der Waals surface area contributed by atoms with E-state index in [1.54, 1.807) is 21.1 Å². The molecule has 0 fully saturated rings. The second-order valence-electron chi connectivity index (χ2n) is 5.68. The maximum absolute atomic E-state index is 8.15. The Hall–Kier alpha value is -1.56. The summed E-state index contributed by atoms with van der Waals surface area (Å²) in [5.74, 6) is 0.899. The minimum Gasteiger partial charge on any atom is -0.266 e. The first-order chi connectivity index (χ1) is 11.3. The third-order valence-corrected chi connectivity index (χ3v) is 4.78. The molecular formula is C17H27N5S. The van der Waals surface area contributed by atoms with E-state index in [0.717, 1.165) is 25.3 Å². The molecule has 0 unspecified atom stereocenters. The van der Waals surface area contributed by atoms with Gasteiger partial charge in [-0.3, -0.25) is 5.41 Å². The maximum Gasteiger partial charge on any atom is 0.238 e. The monoisotopic (exact) mass is 333 g/mol. The number of nitrogens with zero attached hydrogens (tertiary/aromatic N) is 4. The van der Waals surface area contributed by atoms with Crippen LogP contribution in [0.4, 0.5) is 0 Å². The smallest absolute Gasteiger partial charge is 0.238 e. The summed E-state index contributed by atoms with van der Waals surface area (Å²) in [4.78, 5) is 1.25. The summed E-state index contributed by atoms with van der Waals surface area (Å²) in [6, 6.07) is 10.3. The van der Waals surface area contributed by atoms with Crippen molar-refractivity contribution in [3.05, 3.63) is 36.0 Å². The number of unbranched alkanes of at least 4 members (excludes halogenated alkanes) is 5. The lowest BCUT2D eigenvalue weighted by Crippen LogP contribution is -2.26. The van der Waals surface area contributed by atoms with Crippen LogP contribution in [0.15, 0.2) is 35.2 Å². The van der Waals surface area contributed by atoms with E-state index in [2.05, 4.69) is 29.5 Å². The molecule has 126 valence electrons. The summed E-state index contributed by atoms with van der Waals surface area (Å²) in [7, 11) is 0. The van der Waals surface area contributed by atoms with E-state index in [-0.39, 0.29) is 0 Å². The number of hydrogen-bond acceptors (Lipinski definition) is 4. The van der Waals surface area contributed by atoms with E-state index in [9.17, 15) is 0 Å². The van der Waals surface area contributed by atoms with Gasteiger partial charge in [0.15, 0.2) is 0 Å². The van der Waals surface area contributed by atoms with Crippen molar-refractivity contribution in [2.24, 2.45) is 0 Å². The van der Waals surface area contributed by atoms with Crippen LogP contribution in [0.3, 0.4) is 0 Å². The number of aromatic nitrogens is 4. The van der Waals surface area contributed by atoms with E-state index in [1.807, 2.05) is 18.2 Å². The van der Waals surface area contributed by atoms with Gasteiger partial charge in [-0.25, -0.2) is 9.36 Å². The Morgan fingerprint density at radius 2 is 1.57 bits per heavy atom. The molecule has 23 heavy (non-hydrogen) atoms. The van der Waals surface area contributed by atoms with Gasteiger partial charge < -0.3 is 0 Å². The fourth-order valence-electron chi connectivity index (χ4n) is 2.42. The number of thioether (sulfide) groups is 1. The minimum atomic E-state index is 0.409. The predicted molar refractivity (Wildman–Crippen MR) is 94.4 cm³/mol. The molecule has 0 aliphatic heterocycles. The number of rotatable bonds is 11. The van der Waals surface area contributed by atoms with Crippen molar-refractivity contribution >= 4 is 11.8 Å². The SMILES string of the molecule is CCCCCCCCn1nnn(CCSc2ccccc2)c1=N. The first kappa shape index (κ1) is 17.8. The fraction of sp³-hybridized carbons (Fsp3) is 0.588. The molecule has 0 saturated heterocycles. The average molecular weight is 334 g/mol. The number of aryl methyl sites for hydroxylation is 2. The van der Waals surface area contributed by atoms with Crippen molar-refractivity contribution in [3.63, 3.8) is 0 Å². The first-order valence-corrected chi connectivity index (χ1v) is 9.53. The second-order valence-corrected chi connectivity index (χ2v) is 6.85. The van der Waals surface area contributed by atoms with Crippen molar-refractivity contribution in [2.45, 2.75) is 63.4 Å². The van der Waals surface area contributed by atoms with Crippen LogP contribution in [-0.4, -0.2) is 25.5 Å². The lowest BCUT2D eigenvalue weighted by atomic mass is 10.1. The predicted octanol–water partition coefficient (Wildman–Crippen LogP) is 3.71. The first-order valence-electron chi connectivity index (χ1n) is 8.54. The number of tetrazole rings is 1. The molecule has 0 amide bonds. The lowest BCUT2D eigenvalue weighted by molar-refractivity contribution is 0.499. The van der Waals surface area contributed by atoms with Crippen LogP contribution in [0.25, 0.3) is 0 Å². The van der Waals surface area contributed by atoms with Crippen molar-refractivity contribution in [1.82, 2.24) is 19.8 Å². The van der Waals surface area contributed by atoms with Crippen molar-refractivity contribution in [2.75, 3.05) is 5.75 Å². The van der Waals surface area contributed by atoms with E-state index in [1.165, 1.54) is 37.0 Å². The highest BCUT2D eigenvalue weighted by Crippen LogP contribution is 2.16. The van der Waals surface area contributed by atoms with Gasteiger partial charge in [0.1, 0.15) is 0 Å². The molecule has 2 aromatic rings. The van der Waals surface area contributed by atoms with E-state index in [4.69, 9.17) is 5.41 Å². The van der Waals surface area contributed by atoms with Crippen LogP contribution in [-0.2, 0) is 13.1 Å². The molecule has 0 bridgehead atoms. The van der Waals surface area contributed by atoms with Gasteiger partial charge in [0.2, 0.25) is 5.62 Å². The molecule has 1 aromatic heterocycles. The van der Waals surface area contributed by atoms with Gasteiger partial charge in [0, 0.05) is 17.2 Å².